The quantitative estimate of drug-likeness (QED) is 0.786. The summed E-state index contributed by atoms with van der Waals surface area (Å²) in [5.41, 5.74) is 6.43. The van der Waals surface area contributed by atoms with Gasteiger partial charge < -0.3 is 10.6 Å². The van der Waals surface area contributed by atoms with Gasteiger partial charge in [-0.3, -0.25) is 4.79 Å². The van der Waals surface area contributed by atoms with Crippen LogP contribution in [-0.4, -0.2) is 21.8 Å². The number of thiocarbonyl (C=S) groups is 1. The molecule has 20 heavy (non-hydrogen) atoms. The topological polar surface area (TPSA) is 46.3 Å². The second-order valence-electron chi connectivity index (χ2n) is 5.45. The van der Waals surface area contributed by atoms with Gasteiger partial charge in [-0.1, -0.05) is 26.1 Å². The first-order valence-corrected chi connectivity index (χ1v) is 8.52. The van der Waals surface area contributed by atoms with E-state index in [1.54, 1.807) is 11.3 Å². The zero-order valence-corrected chi connectivity index (χ0v) is 13.7. The third-order valence-electron chi connectivity index (χ3n) is 4.27. The van der Waals surface area contributed by atoms with Crippen LogP contribution in [0.5, 0.6) is 0 Å². The van der Waals surface area contributed by atoms with Gasteiger partial charge in [0, 0.05) is 12.6 Å². The van der Waals surface area contributed by atoms with Crippen LogP contribution in [0.15, 0.2) is 16.8 Å². The van der Waals surface area contributed by atoms with Crippen LogP contribution in [0.2, 0.25) is 0 Å². The number of nitrogens with zero attached hydrogens (tertiary/aromatic N) is 1. The fraction of sp³-hybridized carbons (Fsp3) is 0.600. The number of carbonyl (C=O) groups is 1. The van der Waals surface area contributed by atoms with Crippen molar-refractivity contribution in [2.45, 2.75) is 52.1 Å². The lowest BCUT2D eigenvalue weighted by Crippen LogP contribution is -2.50. The van der Waals surface area contributed by atoms with Gasteiger partial charge in [0.15, 0.2) is 0 Å². The molecule has 1 aliphatic rings. The smallest absolute Gasteiger partial charge is 0.236 e. The largest absolute Gasteiger partial charge is 0.392 e. The number of hydrogen-bond acceptors (Lipinski definition) is 3. The van der Waals surface area contributed by atoms with E-state index in [2.05, 4.69) is 11.4 Å². The van der Waals surface area contributed by atoms with E-state index in [1.165, 1.54) is 5.56 Å². The van der Waals surface area contributed by atoms with E-state index in [-0.39, 0.29) is 5.91 Å². The summed E-state index contributed by atoms with van der Waals surface area (Å²) >= 11 is 6.87. The van der Waals surface area contributed by atoms with E-state index in [0.717, 1.165) is 12.8 Å². The Kier molecular flexibility index (Phi) is 4.81. The fourth-order valence-electron chi connectivity index (χ4n) is 2.61. The number of nitrogens with two attached hydrogens (primary N) is 1. The first kappa shape index (κ1) is 15.4. The molecule has 1 aromatic heterocycles. The monoisotopic (exact) mass is 310 g/mol. The van der Waals surface area contributed by atoms with Gasteiger partial charge in [0.1, 0.15) is 0 Å². The summed E-state index contributed by atoms with van der Waals surface area (Å²) in [5.74, 6) is 0.115. The van der Waals surface area contributed by atoms with E-state index in [0.29, 0.717) is 30.4 Å². The highest BCUT2D eigenvalue weighted by atomic mass is 32.1. The highest BCUT2D eigenvalue weighted by Crippen LogP contribution is 2.36. The number of hydrogen-bond donors (Lipinski definition) is 1. The lowest BCUT2D eigenvalue weighted by molar-refractivity contribution is -0.140. The summed E-state index contributed by atoms with van der Waals surface area (Å²) in [7, 11) is 0. The molecule has 0 spiro atoms. The maximum atomic E-state index is 13.0. The number of amides is 1. The van der Waals surface area contributed by atoms with Crippen molar-refractivity contribution >= 4 is 34.5 Å². The zero-order chi connectivity index (χ0) is 14.8. The zero-order valence-electron chi connectivity index (χ0n) is 12.1. The van der Waals surface area contributed by atoms with Gasteiger partial charge in [0.05, 0.1) is 10.4 Å². The molecule has 0 atom stereocenters. The average molecular weight is 310 g/mol. The molecule has 5 heteroatoms. The molecule has 1 saturated carbocycles. The summed E-state index contributed by atoms with van der Waals surface area (Å²) in [6, 6.07) is 2.45. The third-order valence-corrected chi connectivity index (χ3v) is 5.39. The van der Waals surface area contributed by atoms with Crippen LogP contribution in [0.1, 0.15) is 45.1 Å². The Morgan fingerprint density at radius 1 is 1.50 bits per heavy atom. The molecule has 1 aliphatic carbocycles. The molecule has 1 heterocycles. The van der Waals surface area contributed by atoms with Crippen molar-refractivity contribution in [1.29, 1.82) is 0 Å². The second kappa shape index (κ2) is 6.22. The third kappa shape index (κ3) is 2.88. The summed E-state index contributed by atoms with van der Waals surface area (Å²) in [5, 5.41) is 4.15. The SMILES string of the molecule is CCC(CC)(C(=O)N(Cc1ccsc1)C1CC1)C(N)=S. The first-order chi connectivity index (χ1) is 9.55. The average Bonchev–Trinajstić information content (AvgIpc) is 3.14. The van der Waals surface area contributed by atoms with Crippen LogP contribution in [0.25, 0.3) is 0 Å². The Morgan fingerprint density at radius 3 is 2.55 bits per heavy atom. The number of thiophene rings is 1. The van der Waals surface area contributed by atoms with Crippen molar-refractivity contribution < 1.29 is 4.79 Å². The normalized spacial score (nSPS) is 15.1. The van der Waals surface area contributed by atoms with E-state index in [9.17, 15) is 4.79 Å². The summed E-state index contributed by atoms with van der Waals surface area (Å²) in [6.07, 6.45) is 3.53. The second-order valence-corrected chi connectivity index (χ2v) is 6.67. The molecule has 0 unspecified atom stereocenters. The van der Waals surface area contributed by atoms with E-state index in [4.69, 9.17) is 18.0 Å². The minimum atomic E-state index is -0.673. The minimum absolute atomic E-state index is 0.115. The molecule has 0 bridgehead atoms. The number of carbonyl (C=O) groups excluding carboxylic acids is 1. The molecular weight excluding hydrogens is 288 g/mol. The standard InChI is InChI=1S/C15H22N2OS2/c1-3-15(4-2,13(16)19)14(18)17(12-5-6-12)9-11-7-8-20-10-11/h7-8,10,12H,3-6,9H2,1-2H3,(H2,16,19). The van der Waals surface area contributed by atoms with Crippen molar-refractivity contribution in [3.8, 4) is 0 Å². The van der Waals surface area contributed by atoms with Gasteiger partial charge in [-0.15, -0.1) is 0 Å². The predicted molar refractivity (Wildman–Crippen MR) is 87.7 cm³/mol. The van der Waals surface area contributed by atoms with Crippen LogP contribution in [0.3, 0.4) is 0 Å². The molecule has 1 aromatic rings. The summed E-state index contributed by atoms with van der Waals surface area (Å²) in [4.78, 5) is 15.4. The van der Waals surface area contributed by atoms with Gasteiger partial charge in [0.25, 0.3) is 0 Å². The van der Waals surface area contributed by atoms with Crippen LogP contribution < -0.4 is 5.73 Å². The van der Waals surface area contributed by atoms with Gasteiger partial charge in [-0.2, -0.15) is 11.3 Å². The maximum Gasteiger partial charge on any atom is 0.236 e. The molecule has 3 nitrogen and oxygen atoms in total. The van der Waals surface area contributed by atoms with Crippen molar-refractivity contribution in [3.05, 3.63) is 22.4 Å². The Morgan fingerprint density at radius 2 is 2.15 bits per heavy atom. The maximum absolute atomic E-state index is 13.0. The Labute approximate surface area is 130 Å². The molecular formula is C15H22N2OS2. The molecule has 1 fully saturated rings. The molecule has 0 saturated heterocycles. The Hall–Kier alpha value is -0.940. The van der Waals surface area contributed by atoms with E-state index < -0.39 is 5.41 Å². The molecule has 110 valence electrons. The highest BCUT2D eigenvalue weighted by molar-refractivity contribution is 7.80. The Balaban J connectivity index is 2.23. The molecule has 0 aromatic carbocycles. The van der Waals surface area contributed by atoms with Crippen LogP contribution in [0.4, 0.5) is 0 Å². The van der Waals surface area contributed by atoms with Crippen LogP contribution in [-0.2, 0) is 11.3 Å². The van der Waals surface area contributed by atoms with Gasteiger partial charge in [0.2, 0.25) is 5.91 Å². The summed E-state index contributed by atoms with van der Waals surface area (Å²) < 4.78 is 0. The van der Waals surface area contributed by atoms with Crippen molar-refractivity contribution in [1.82, 2.24) is 4.90 Å². The molecule has 1 amide bonds. The molecule has 0 radical (unpaired) electrons. The Bertz CT molecular complexity index is 476. The lowest BCUT2D eigenvalue weighted by atomic mass is 9.80. The van der Waals surface area contributed by atoms with Gasteiger partial charge in [-0.05, 0) is 48.1 Å². The lowest BCUT2D eigenvalue weighted by Gasteiger charge is -2.35. The van der Waals surface area contributed by atoms with Crippen molar-refractivity contribution in [2.24, 2.45) is 11.1 Å². The highest BCUT2D eigenvalue weighted by Gasteiger charge is 2.45. The fourth-order valence-corrected chi connectivity index (χ4v) is 3.65. The van der Waals surface area contributed by atoms with E-state index in [1.807, 2.05) is 24.1 Å². The van der Waals surface area contributed by atoms with E-state index >= 15 is 0 Å². The predicted octanol–water partition coefficient (Wildman–Crippen LogP) is 3.33. The van der Waals surface area contributed by atoms with Crippen LogP contribution in [0, 0.1) is 5.41 Å². The summed E-state index contributed by atoms with van der Waals surface area (Å²) in [6.45, 7) is 4.67. The molecule has 2 rings (SSSR count). The first-order valence-electron chi connectivity index (χ1n) is 7.17. The molecule has 2 N–H and O–H groups in total. The van der Waals surface area contributed by atoms with Gasteiger partial charge >= 0.3 is 0 Å². The molecule has 0 aliphatic heterocycles. The van der Waals surface area contributed by atoms with Crippen molar-refractivity contribution in [2.75, 3.05) is 0 Å². The minimum Gasteiger partial charge on any atom is -0.392 e. The number of rotatable bonds is 7. The van der Waals surface area contributed by atoms with Gasteiger partial charge in [-0.25, -0.2) is 0 Å². The van der Waals surface area contributed by atoms with Crippen molar-refractivity contribution in [3.63, 3.8) is 0 Å². The van der Waals surface area contributed by atoms with Crippen LogP contribution >= 0.6 is 23.6 Å².